The Morgan fingerprint density at radius 2 is 2.00 bits per heavy atom. The van der Waals surface area contributed by atoms with Crippen molar-refractivity contribution in [1.29, 1.82) is 0 Å². The summed E-state index contributed by atoms with van der Waals surface area (Å²) in [7, 11) is 0. The Bertz CT molecular complexity index is 474. The lowest BCUT2D eigenvalue weighted by Gasteiger charge is -2.27. The molecule has 4 heteroatoms. The predicted octanol–water partition coefficient (Wildman–Crippen LogP) is 3.28. The molecule has 0 radical (unpaired) electrons. The van der Waals surface area contributed by atoms with Crippen LogP contribution in [0, 0.1) is 0 Å². The standard InChI is InChI=1S/C16H23ClN2O/c1-12(15-10-13(17)4-5-16(15)20)19-9-6-14(11-19)18-7-2-3-8-18/h4-5,10,12,14,20H,2-3,6-9,11H2,1H3. The first-order valence-electron chi connectivity index (χ1n) is 7.61. The van der Waals surface area contributed by atoms with Crippen LogP contribution >= 0.6 is 11.6 Å². The van der Waals surface area contributed by atoms with Gasteiger partial charge >= 0.3 is 0 Å². The fourth-order valence-corrected chi connectivity index (χ4v) is 3.76. The maximum Gasteiger partial charge on any atom is 0.120 e. The number of aromatic hydroxyl groups is 1. The normalized spacial score (nSPS) is 26.2. The van der Waals surface area contributed by atoms with E-state index in [1.54, 1.807) is 12.1 Å². The van der Waals surface area contributed by atoms with Gasteiger partial charge in [0, 0.05) is 35.8 Å². The molecule has 2 fully saturated rings. The molecular formula is C16H23ClN2O. The molecule has 1 N–H and O–H groups in total. The molecule has 0 aliphatic carbocycles. The second-order valence-corrected chi connectivity index (χ2v) is 6.50. The molecule has 2 unspecified atom stereocenters. The lowest BCUT2D eigenvalue weighted by Crippen LogP contribution is -2.35. The summed E-state index contributed by atoms with van der Waals surface area (Å²) in [6.07, 6.45) is 3.94. The average Bonchev–Trinajstić information content (AvgIpc) is 3.10. The monoisotopic (exact) mass is 294 g/mol. The molecule has 1 aromatic carbocycles. The number of benzene rings is 1. The second-order valence-electron chi connectivity index (χ2n) is 6.06. The summed E-state index contributed by atoms with van der Waals surface area (Å²) in [6, 6.07) is 6.25. The Hall–Kier alpha value is -0.770. The Morgan fingerprint density at radius 1 is 1.25 bits per heavy atom. The molecule has 2 aliphatic heterocycles. The van der Waals surface area contributed by atoms with Crippen molar-refractivity contribution in [2.24, 2.45) is 0 Å². The van der Waals surface area contributed by atoms with E-state index in [0.717, 1.165) is 18.7 Å². The van der Waals surface area contributed by atoms with Gasteiger partial charge in [0.2, 0.25) is 0 Å². The average molecular weight is 295 g/mol. The lowest BCUT2D eigenvalue weighted by atomic mass is 10.1. The maximum atomic E-state index is 10.0. The molecule has 3 nitrogen and oxygen atoms in total. The first-order valence-corrected chi connectivity index (χ1v) is 7.99. The van der Waals surface area contributed by atoms with Crippen LogP contribution in [0.4, 0.5) is 0 Å². The first kappa shape index (κ1) is 14.2. The third-order valence-electron chi connectivity index (χ3n) is 4.84. The molecule has 20 heavy (non-hydrogen) atoms. The quantitative estimate of drug-likeness (QED) is 0.927. The molecule has 0 spiro atoms. The SMILES string of the molecule is CC(c1cc(Cl)ccc1O)N1CCC(N2CCCC2)C1. The van der Waals surface area contributed by atoms with Gasteiger partial charge in [0.15, 0.2) is 0 Å². The molecule has 3 rings (SSSR count). The fourth-order valence-electron chi connectivity index (χ4n) is 3.58. The Morgan fingerprint density at radius 3 is 2.75 bits per heavy atom. The van der Waals surface area contributed by atoms with E-state index in [-0.39, 0.29) is 6.04 Å². The fraction of sp³-hybridized carbons (Fsp3) is 0.625. The van der Waals surface area contributed by atoms with Crippen LogP contribution in [0.15, 0.2) is 18.2 Å². The minimum Gasteiger partial charge on any atom is -0.508 e. The number of nitrogens with zero attached hydrogens (tertiary/aromatic N) is 2. The van der Waals surface area contributed by atoms with Crippen LogP contribution in [0.3, 0.4) is 0 Å². The summed E-state index contributed by atoms with van der Waals surface area (Å²) in [5, 5.41) is 10.7. The van der Waals surface area contributed by atoms with E-state index >= 15 is 0 Å². The zero-order chi connectivity index (χ0) is 14.1. The Labute approximate surface area is 126 Å². The van der Waals surface area contributed by atoms with Crippen LogP contribution in [-0.2, 0) is 0 Å². The number of hydrogen-bond acceptors (Lipinski definition) is 3. The minimum absolute atomic E-state index is 0.223. The number of phenols is 1. The van der Waals surface area contributed by atoms with Crippen LogP contribution < -0.4 is 0 Å². The third-order valence-corrected chi connectivity index (χ3v) is 5.07. The van der Waals surface area contributed by atoms with E-state index < -0.39 is 0 Å². The van der Waals surface area contributed by atoms with E-state index in [9.17, 15) is 5.11 Å². The number of likely N-dealkylation sites (tertiary alicyclic amines) is 2. The molecule has 2 aliphatic rings. The zero-order valence-corrected chi connectivity index (χ0v) is 12.8. The molecule has 2 atom stereocenters. The number of rotatable bonds is 3. The van der Waals surface area contributed by atoms with Crippen molar-refractivity contribution in [3.63, 3.8) is 0 Å². The van der Waals surface area contributed by atoms with Gasteiger partial charge in [0.25, 0.3) is 0 Å². The van der Waals surface area contributed by atoms with Crippen LogP contribution in [0.5, 0.6) is 5.75 Å². The van der Waals surface area contributed by atoms with Crippen molar-refractivity contribution >= 4 is 11.6 Å². The predicted molar refractivity (Wildman–Crippen MR) is 82.3 cm³/mol. The van der Waals surface area contributed by atoms with Crippen LogP contribution in [0.2, 0.25) is 5.02 Å². The molecule has 1 aromatic rings. The summed E-state index contributed by atoms with van der Waals surface area (Å²) < 4.78 is 0. The van der Waals surface area contributed by atoms with Gasteiger partial charge in [-0.2, -0.15) is 0 Å². The highest BCUT2D eigenvalue weighted by atomic mass is 35.5. The topological polar surface area (TPSA) is 26.7 Å². The molecule has 0 bridgehead atoms. The van der Waals surface area contributed by atoms with E-state index in [0.29, 0.717) is 16.8 Å². The molecule has 2 saturated heterocycles. The van der Waals surface area contributed by atoms with Gasteiger partial charge in [-0.3, -0.25) is 9.80 Å². The minimum atomic E-state index is 0.223. The molecule has 0 aromatic heterocycles. The molecular weight excluding hydrogens is 272 g/mol. The van der Waals surface area contributed by atoms with Crippen molar-refractivity contribution in [2.75, 3.05) is 26.2 Å². The third kappa shape index (κ3) is 2.80. The Kier molecular flexibility index (Phi) is 4.20. The number of phenolic OH excluding ortho intramolecular Hbond substituents is 1. The van der Waals surface area contributed by atoms with Gasteiger partial charge in [0.05, 0.1) is 0 Å². The van der Waals surface area contributed by atoms with Gasteiger partial charge in [-0.15, -0.1) is 0 Å². The summed E-state index contributed by atoms with van der Waals surface area (Å²) in [5.74, 6) is 0.353. The van der Waals surface area contributed by atoms with Gasteiger partial charge in [-0.25, -0.2) is 0 Å². The van der Waals surface area contributed by atoms with Crippen molar-refractivity contribution in [1.82, 2.24) is 9.80 Å². The highest BCUT2D eigenvalue weighted by molar-refractivity contribution is 6.30. The molecule has 2 heterocycles. The van der Waals surface area contributed by atoms with Crippen LogP contribution in [0.25, 0.3) is 0 Å². The molecule has 0 saturated carbocycles. The highest BCUT2D eigenvalue weighted by Crippen LogP contribution is 2.33. The van der Waals surface area contributed by atoms with Crippen molar-refractivity contribution < 1.29 is 5.11 Å². The van der Waals surface area contributed by atoms with E-state index in [4.69, 9.17) is 11.6 Å². The van der Waals surface area contributed by atoms with Gasteiger partial charge in [-0.1, -0.05) is 11.6 Å². The molecule has 110 valence electrons. The van der Waals surface area contributed by atoms with Crippen LogP contribution in [0.1, 0.15) is 37.8 Å². The molecule has 0 amide bonds. The van der Waals surface area contributed by atoms with Crippen molar-refractivity contribution in [3.05, 3.63) is 28.8 Å². The summed E-state index contributed by atoms with van der Waals surface area (Å²) in [4.78, 5) is 5.10. The van der Waals surface area contributed by atoms with Crippen molar-refractivity contribution in [2.45, 2.75) is 38.3 Å². The first-order chi connectivity index (χ1) is 9.65. The summed E-state index contributed by atoms with van der Waals surface area (Å²) in [6.45, 7) is 6.89. The van der Waals surface area contributed by atoms with Gasteiger partial charge in [-0.05, 0) is 57.5 Å². The van der Waals surface area contributed by atoms with Gasteiger partial charge < -0.3 is 5.11 Å². The summed E-state index contributed by atoms with van der Waals surface area (Å²) in [5.41, 5.74) is 0.944. The van der Waals surface area contributed by atoms with Crippen molar-refractivity contribution in [3.8, 4) is 5.75 Å². The van der Waals surface area contributed by atoms with E-state index in [1.165, 1.54) is 32.4 Å². The van der Waals surface area contributed by atoms with E-state index in [1.807, 2.05) is 6.07 Å². The smallest absolute Gasteiger partial charge is 0.120 e. The Balaban J connectivity index is 1.68. The van der Waals surface area contributed by atoms with Gasteiger partial charge in [0.1, 0.15) is 5.75 Å². The second kappa shape index (κ2) is 5.92. The zero-order valence-electron chi connectivity index (χ0n) is 12.1. The highest BCUT2D eigenvalue weighted by Gasteiger charge is 2.32. The lowest BCUT2D eigenvalue weighted by molar-refractivity contribution is 0.206. The largest absolute Gasteiger partial charge is 0.508 e. The number of halogens is 1. The van der Waals surface area contributed by atoms with E-state index in [2.05, 4.69) is 16.7 Å². The van der Waals surface area contributed by atoms with Crippen LogP contribution in [-0.4, -0.2) is 47.1 Å². The number of hydrogen-bond donors (Lipinski definition) is 1. The summed E-state index contributed by atoms with van der Waals surface area (Å²) >= 11 is 6.06. The maximum absolute atomic E-state index is 10.0.